The Balaban J connectivity index is 1.66. The number of anilines is 1. The first kappa shape index (κ1) is 13.3. The third-order valence-electron chi connectivity index (χ3n) is 4.34. The Morgan fingerprint density at radius 3 is 2.68 bits per heavy atom. The Bertz CT molecular complexity index is 750. The van der Waals surface area contributed by atoms with Crippen LogP contribution in [-0.4, -0.2) is 29.7 Å². The molecule has 2 heterocycles. The maximum atomic E-state index is 6.09. The van der Waals surface area contributed by atoms with Crippen molar-refractivity contribution < 1.29 is 4.74 Å². The van der Waals surface area contributed by atoms with Gasteiger partial charge in [-0.25, -0.2) is 4.98 Å². The second-order valence-corrected chi connectivity index (χ2v) is 5.94. The number of para-hydroxylation sites is 2. The lowest BCUT2D eigenvalue weighted by molar-refractivity contribution is -0.0469. The zero-order valence-corrected chi connectivity index (χ0v) is 12.6. The lowest BCUT2D eigenvalue weighted by atomic mass is 9.94. The highest BCUT2D eigenvalue weighted by atomic mass is 16.5. The fraction of sp³-hybridized carbons (Fsp3) is 0.278. The standard InChI is InChI=1S/C18H19N3O/c1-18(14-7-3-2-4-8-14)13-21(11-12-22-18)17-19-15-9-5-6-10-16(15)20-17/h2-10H,11-13H2,1H3,(H,19,20). The maximum Gasteiger partial charge on any atom is 0.204 e. The van der Waals surface area contributed by atoms with Crippen molar-refractivity contribution >= 4 is 17.0 Å². The largest absolute Gasteiger partial charge is 0.367 e. The van der Waals surface area contributed by atoms with E-state index in [9.17, 15) is 0 Å². The van der Waals surface area contributed by atoms with E-state index in [1.54, 1.807) is 0 Å². The first-order valence-electron chi connectivity index (χ1n) is 7.64. The second-order valence-electron chi connectivity index (χ2n) is 5.94. The molecule has 112 valence electrons. The Hall–Kier alpha value is -2.33. The Morgan fingerprint density at radius 1 is 1.09 bits per heavy atom. The normalized spacial score (nSPS) is 22.1. The van der Waals surface area contributed by atoms with Gasteiger partial charge in [-0.05, 0) is 24.6 Å². The van der Waals surface area contributed by atoms with Crippen LogP contribution < -0.4 is 4.90 Å². The molecule has 1 aromatic heterocycles. The zero-order valence-electron chi connectivity index (χ0n) is 12.6. The SMILES string of the molecule is CC1(c2ccccc2)CN(c2nc3ccccc3[nH]2)CCO1. The minimum atomic E-state index is -0.307. The summed E-state index contributed by atoms with van der Waals surface area (Å²) in [6.07, 6.45) is 0. The maximum absolute atomic E-state index is 6.09. The second kappa shape index (κ2) is 5.14. The molecule has 1 N–H and O–H groups in total. The molecule has 0 saturated carbocycles. The quantitative estimate of drug-likeness (QED) is 0.788. The van der Waals surface area contributed by atoms with Crippen LogP contribution in [0.1, 0.15) is 12.5 Å². The summed E-state index contributed by atoms with van der Waals surface area (Å²) in [4.78, 5) is 10.4. The van der Waals surface area contributed by atoms with E-state index in [-0.39, 0.29) is 5.60 Å². The Morgan fingerprint density at radius 2 is 1.86 bits per heavy atom. The molecule has 4 heteroatoms. The summed E-state index contributed by atoms with van der Waals surface area (Å²) in [6, 6.07) is 18.5. The average molecular weight is 293 g/mol. The van der Waals surface area contributed by atoms with Gasteiger partial charge in [0.05, 0.1) is 24.2 Å². The highest BCUT2D eigenvalue weighted by Crippen LogP contribution is 2.31. The highest BCUT2D eigenvalue weighted by molar-refractivity contribution is 5.77. The van der Waals surface area contributed by atoms with Crippen LogP contribution in [-0.2, 0) is 10.3 Å². The molecule has 4 nitrogen and oxygen atoms in total. The van der Waals surface area contributed by atoms with E-state index in [0.717, 1.165) is 30.1 Å². The molecule has 1 unspecified atom stereocenters. The number of benzene rings is 2. The fourth-order valence-corrected chi connectivity index (χ4v) is 3.11. The van der Waals surface area contributed by atoms with Crippen LogP contribution in [0.3, 0.4) is 0 Å². The number of morpholine rings is 1. The molecule has 1 saturated heterocycles. The summed E-state index contributed by atoms with van der Waals surface area (Å²) in [5.41, 5.74) is 2.98. The van der Waals surface area contributed by atoms with Crippen molar-refractivity contribution in [3.8, 4) is 0 Å². The van der Waals surface area contributed by atoms with E-state index in [1.807, 2.05) is 24.3 Å². The summed E-state index contributed by atoms with van der Waals surface area (Å²) in [6.45, 7) is 4.48. The van der Waals surface area contributed by atoms with Gasteiger partial charge >= 0.3 is 0 Å². The van der Waals surface area contributed by atoms with E-state index < -0.39 is 0 Å². The minimum absolute atomic E-state index is 0.307. The van der Waals surface area contributed by atoms with Crippen molar-refractivity contribution in [3.63, 3.8) is 0 Å². The van der Waals surface area contributed by atoms with Gasteiger partial charge < -0.3 is 14.6 Å². The van der Waals surface area contributed by atoms with Crippen LogP contribution in [0.15, 0.2) is 54.6 Å². The molecule has 0 spiro atoms. The highest BCUT2D eigenvalue weighted by Gasteiger charge is 2.34. The summed E-state index contributed by atoms with van der Waals surface area (Å²) in [5.74, 6) is 0.923. The molecule has 1 aliphatic heterocycles. The number of nitrogens with zero attached hydrogens (tertiary/aromatic N) is 2. The molecule has 0 bridgehead atoms. The summed E-state index contributed by atoms with van der Waals surface area (Å²) in [7, 11) is 0. The number of hydrogen-bond donors (Lipinski definition) is 1. The third-order valence-corrected chi connectivity index (χ3v) is 4.34. The monoisotopic (exact) mass is 293 g/mol. The molecule has 0 aliphatic carbocycles. The lowest BCUT2D eigenvalue weighted by Gasteiger charge is -2.40. The van der Waals surface area contributed by atoms with Crippen LogP contribution in [0.2, 0.25) is 0 Å². The molecule has 0 radical (unpaired) electrons. The molecular formula is C18H19N3O. The number of aromatic amines is 1. The third kappa shape index (κ3) is 2.25. The van der Waals surface area contributed by atoms with E-state index in [2.05, 4.69) is 47.1 Å². The summed E-state index contributed by atoms with van der Waals surface area (Å²) >= 11 is 0. The first-order chi connectivity index (χ1) is 10.7. The van der Waals surface area contributed by atoms with Crippen molar-refractivity contribution in [2.75, 3.05) is 24.6 Å². The van der Waals surface area contributed by atoms with Crippen LogP contribution >= 0.6 is 0 Å². The van der Waals surface area contributed by atoms with E-state index in [4.69, 9.17) is 9.72 Å². The Kier molecular flexibility index (Phi) is 3.12. The van der Waals surface area contributed by atoms with Gasteiger partial charge in [0, 0.05) is 6.54 Å². The summed E-state index contributed by atoms with van der Waals surface area (Å²) < 4.78 is 6.09. The van der Waals surface area contributed by atoms with Crippen LogP contribution in [0.4, 0.5) is 5.95 Å². The number of nitrogens with one attached hydrogen (secondary N) is 1. The fourth-order valence-electron chi connectivity index (χ4n) is 3.11. The van der Waals surface area contributed by atoms with Crippen molar-refractivity contribution in [2.45, 2.75) is 12.5 Å². The van der Waals surface area contributed by atoms with E-state index in [0.29, 0.717) is 6.61 Å². The van der Waals surface area contributed by atoms with Crippen molar-refractivity contribution in [1.29, 1.82) is 0 Å². The summed E-state index contributed by atoms with van der Waals surface area (Å²) in [5, 5.41) is 0. The van der Waals surface area contributed by atoms with Gasteiger partial charge in [0.1, 0.15) is 5.60 Å². The van der Waals surface area contributed by atoms with Crippen molar-refractivity contribution in [3.05, 3.63) is 60.2 Å². The van der Waals surface area contributed by atoms with Crippen molar-refractivity contribution in [2.24, 2.45) is 0 Å². The van der Waals surface area contributed by atoms with Gasteiger partial charge in [0.15, 0.2) is 0 Å². The number of rotatable bonds is 2. The minimum Gasteiger partial charge on any atom is -0.367 e. The van der Waals surface area contributed by atoms with Gasteiger partial charge in [0.25, 0.3) is 0 Å². The average Bonchev–Trinajstić information content (AvgIpc) is 3.00. The first-order valence-corrected chi connectivity index (χ1v) is 7.64. The predicted molar refractivity (Wildman–Crippen MR) is 88.1 cm³/mol. The van der Waals surface area contributed by atoms with Crippen LogP contribution in [0.5, 0.6) is 0 Å². The van der Waals surface area contributed by atoms with E-state index in [1.165, 1.54) is 5.56 Å². The number of hydrogen-bond acceptors (Lipinski definition) is 3. The van der Waals surface area contributed by atoms with Crippen LogP contribution in [0, 0.1) is 0 Å². The lowest BCUT2D eigenvalue weighted by Crippen LogP contribution is -2.48. The van der Waals surface area contributed by atoms with Gasteiger partial charge in [-0.15, -0.1) is 0 Å². The number of fused-ring (bicyclic) bond motifs is 1. The van der Waals surface area contributed by atoms with Gasteiger partial charge in [0.2, 0.25) is 5.95 Å². The molecule has 22 heavy (non-hydrogen) atoms. The zero-order chi connectivity index (χ0) is 15.0. The smallest absolute Gasteiger partial charge is 0.204 e. The van der Waals surface area contributed by atoms with E-state index >= 15 is 0 Å². The molecule has 1 atom stereocenters. The van der Waals surface area contributed by atoms with Gasteiger partial charge in [-0.3, -0.25) is 0 Å². The number of H-pyrrole nitrogens is 1. The molecule has 1 aliphatic rings. The van der Waals surface area contributed by atoms with Gasteiger partial charge in [-0.1, -0.05) is 42.5 Å². The molecule has 3 aromatic rings. The molecular weight excluding hydrogens is 274 g/mol. The topological polar surface area (TPSA) is 41.2 Å². The molecule has 0 amide bonds. The predicted octanol–water partition coefficient (Wildman–Crippen LogP) is 3.31. The molecule has 1 fully saturated rings. The van der Waals surface area contributed by atoms with Crippen LogP contribution in [0.25, 0.3) is 11.0 Å². The number of imidazole rings is 1. The Labute approximate surface area is 129 Å². The van der Waals surface area contributed by atoms with Gasteiger partial charge in [-0.2, -0.15) is 0 Å². The number of aromatic nitrogens is 2. The van der Waals surface area contributed by atoms with Crippen molar-refractivity contribution in [1.82, 2.24) is 9.97 Å². The molecule has 4 rings (SSSR count). The number of ether oxygens (including phenoxy) is 1. The molecule has 2 aromatic carbocycles.